The van der Waals surface area contributed by atoms with Crippen LogP contribution in [0.25, 0.3) is 0 Å². The van der Waals surface area contributed by atoms with Crippen LogP contribution < -0.4 is 4.90 Å². The van der Waals surface area contributed by atoms with Gasteiger partial charge in [0.15, 0.2) is 0 Å². The third-order valence-corrected chi connectivity index (χ3v) is 5.17. The lowest BCUT2D eigenvalue weighted by atomic mass is 9.91. The largest absolute Gasteiger partial charge is 0.368 e. The van der Waals surface area contributed by atoms with Gasteiger partial charge in [0.1, 0.15) is 0 Å². The minimum atomic E-state index is 0.181. The molecule has 2 aliphatic rings. The molecule has 1 amide bonds. The molecule has 2 saturated heterocycles. The summed E-state index contributed by atoms with van der Waals surface area (Å²) >= 11 is 0. The summed E-state index contributed by atoms with van der Waals surface area (Å²) in [5.74, 6) is 0.564. The van der Waals surface area contributed by atoms with Crippen molar-refractivity contribution in [3.05, 3.63) is 29.8 Å². The van der Waals surface area contributed by atoms with Crippen LogP contribution in [-0.4, -0.2) is 60.5 Å². The second-order valence-corrected chi connectivity index (χ2v) is 7.92. The van der Waals surface area contributed by atoms with E-state index < -0.39 is 0 Å². The van der Waals surface area contributed by atoms with E-state index >= 15 is 0 Å². The minimum Gasteiger partial charge on any atom is -0.368 e. The van der Waals surface area contributed by atoms with E-state index in [9.17, 15) is 4.79 Å². The topological polar surface area (TPSA) is 26.8 Å². The third kappa shape index (κ3) is 3.52. The summed E-state index contributed by atoms with van der Waals surface area (Å²) < 4.78 is 0. The van der Waals surface area contributed by atoms with Gasteiger partial charge >= 0.3 is 0 Å². The van der Waals surface area contributed by atoms with Crippen molar-refractivity contribution in [3.63, 3.8) is 0 Å². The Hall–Kier alpha value is -1.55. The zero-order valence-electron chi connectivity index (χ0n) is 14.9. The molecule has 0 spiro atoms. The van der Waals surface area contributed by atoms with E-state index in [1.807, 2.05) is 0 Å². The molecule has 126 valence electrons. The first-order chi connectivity index (χ1) is 10.8. The zero-order valence-corrected chi connectivity index (χ0v) is 14.9. The Morgan fingerprint density at radius 1 is 1.00 bits per heavy atom. The van der Waals surface area contributed by atoms with Crippen molar-refractivity contribution in [2.45, 2.75) is 33.2 Å². The molecule has 3 rings (SSSR count). The van der Waals surface area contributed by atoms with Gasteiger partial charge < -0.3 is 9.80 Å². The molecule has 2 heterocycles. The Labute approximate surface area is 140 Å². The Morgan fingerprint density at radius 2 is 1.57 bits per heavy atom. The Bertz CT molecular complexity index is 547. The fourth-order valence-electron chi connectivity index (χ4n) is 3.38. The van der Waals surface area contributed by atoms with Gasteiger partial charge in [-0.1, -0.05) is 17.7 Å². The maximum Gasteiger partial charge on any atom is 0.228 e. The highest BCUT2D eigenvalue weighted by atomic mass is 16.2. The zero-order chi connectivity index (χ0) is 16.6. The minimum absolute atomic E-state index is 0.181. The number of anilines is 1. The molecule has 0 radical (unpaired) electrons. The number of rotatable bonds is 2. The fourth-order valence-corrected chi connectivity index (χ4v) is 3.38. The highest BCUT2D eigenvalue weighted by molar-refractivity contribution is 5.80. The average Bonchev–Trinajstić information content (AvgIpc) is 2.45. The van der Waals surface area contributed by atoms with Crippen LogP contribution in [0.3, 0.4) is 0 Å². The summed E-state index contributed by atoms with van der Waals surface area (Å²) in [7, 11) is 0. The van der Waals surface area contributed by atoms with Crippen molar-refractivity contribution < 1.29 is 4.79 Å². The molecule has 4 heteroatoms. The smallest absolute Gasteiger partial charge is 0.228 e. The molecular weight excluding hydrogens is 286 g/mol. The first-order valence-electron chi connectivity index (χ1n) is 8.70. The highest BCUT2D eigenvalue weighted by Crippen LogP contribution is 2.27. The molecule has 4 nitrogen and oxygen atoms in total. The van der Waals surface area contributed by atoms with Crippen LogP contribution in [-0.2, 0) is 4.79 Å². The van der Waals surface area contributed by atoms with E-state index in [0.29, 0.717) is 5.91 Å². The molecule has 0 aliphatic carbocycles. The number of benzene rings is 1. The predicted molar refractivity (Wildman–Crippen MR) is 94.8 cm³/mol. The molecule has 0 aromatic heterocycles. The molecular formula is C19H29N3O. The van der Waals surface area contributed by atoms with Gasteiger partial charge in [0.25, 0.3) is 0 Å². The quantitative estimate of drug-likeness (QED) is 0.838. The Kier molecular flexibility index (Phi) is 4.37. The van der Waals surface area contributed by atoms with E-state index in [0.717, 1.165) is 39.3 Å². The number of aryl methyl sites for hydroxylation is 1. The number of carbonyl (C=O) groups is 1. The summed E-state index contributed by atoms with van der Waals surface area (Å²) in [5, 5.41) is 0. The maximum atomic E-state index is 12.6. The lowest BCUT2D eigenvalue weighted by Crippen LogP contribution is -2.62. The van der Waals surface area contributed by atoms with Crippen molar-refractivity contribution in [1.82, 2.24) is 9.80 Å². The summed E-state index contributed by atoms with van der Waals surface area (Å²) in [5.41, 5.74) is 2.74. The number of carbonyl (C=O) groups excluding carboxylic acids is 1. The normalized spacial score (nSPS) is 20.5. The molecule has 0 unspecified atom stereocenters. The van der Waals surface area contributed by atoms with Gasteiger partial charge in [0, 0.05) is 50.5 Å². The van der Waals surface area contributed by atoms with Gasteiger partial charge in [-0.15, -0.1) is 0 Å². The van der Waals surface area contributed by atoms with Gasteiger partial charge in [-0.3, -0.25) is 9.69 Å². The van der Waals surface area contributed by atoms with Gasteiger partial charge in [0.05, 0.1) is 5.92 Å². The van der Waals surface area contributed by atoms with Crippen molar-refractivity contribution in [3.8, 4) is 0 Å². The molecule has 0 bridgehead atoms. The van der Waals surface area contributed by atoms with Crippen LogP contribution in [0.1, 0.15) is 26.3 Å². The van der Waals surface area contributed by atoms with E-state index in [-0.39, 0.29) is 11.5 Å². The van der Waals surface area contributed by atoms with E-state index in [1.165, 1.54) is 11.3 Å². The van der Waals surface area contributed by atoms with Crippen LogP contribution in [0.2, 0.25) is 0 Å². The molecule has 0 saturated carbocycles. The van der Waals surface area contributed by atoms with Gasteiger partial charge in [-0.25, -0.2) is 0 Å². The maximum absolute atomic E-state index is 12.6. The molecule has 0 atom stereocenters. The molecule has 1 aromatic carbocycles. The number of hydrogen-bond acceptors (Lipinski definition) is 3. The van der Waals surface area contributed by atoms with E-state index in [4.69, 9.17) is 0 Å². The summed E-state index contributed by atoms with van der Waals surface area (Å²) in [6, 6.07) is 8.67. The predicted octanol–water partition coefficient (Wildman–Crippen LogP) is 2.37. The number of hydrogen-bond donors (Lipinski definition) is 0. The van der Waals surface area contributed by atoms with Gasteiger partial charge in [0.2, 0.25) is 5.91 Å². The number of nitrogens with zero attached hydrogens (tertiary/aromatic N) is 3. The van der Waals surface area contributed by atoms with Gasteiger partial charge in [-0.05, 0) is 39.8 Å². The van der Waals surface area contributed by atoms with Crippen LogP contribution >= 0.6 is 0 Å². The number of piperazine rings is 1. The van der Waals surface area contributed by atoms with Crippen molar-refractivity contribution in [2.24, 2.45) is 5.92 Å². The van der Waals surface area contributed by atoms with E-state index in [1.54, 1.807) is 0 Å². The monoisotopic (exact) mass is 315 g/mol. The van der Waals surface area contributed by atoms with Gasteiger partial charge in [-0.2, -0.15) is 0 Å². The standard InChI is InChI=1S/C19H29N3O/c1-15-5-7-17(8-6-15)20-9-11-21(12-10-20)18(23)16-13-22(14-16)19(2,3)4/h5-8,16H,9-14H2,1-4H3. The number of amides is 1. The second kappa shape index (κ2) is 6.16. The molecule has 0 N–H and O–H groups in total. The first-order valence-corrected chi connectivity index (χ1v) is 8.70. The van der Waals surface area contributed by atoms with Crippen LogP contribution in [0.4, 0.5) is 5.69 Å². The highest BCUT2D eigenvalue weighted by Gasteiger charge is 2.40. The van der Waals surface area contributed by atoms with Crippen LogP contribution in [0.5, 0.6) is 0 Å². The average molecular weight is 315 g/mol. The van der Waals surface area contributed by atoms with Crippen LogP contribution in [0.15, 0.2) is 24.3 Å². The lowest BCUT2D eigenvalue weighted by molar-refractivity contribution is -0.143. The Balaban J connectivity index is 1.49. The first kappa shape index (κ1) is 16.3. The van der Waals surface area contributed by atoms with Crippen LogP contribution in [0, 0.1) is 12.8 Å². The summed E-state index contributed by atoms with van der Waals surface area (Å²) in [6.45, 7) is 14.2. The summed E-state index contributed by atoms with van der Waals surface area (Å²) in [4.78, 5) is 19.5. The van der Waals surface area contributed by atoms with E-state index in [2.05, 4.69) is 66.7 Å². The molecule has 23 heavy (non-hydrogen) atoms. The lowest BCUT2D eigenvalue weighted by Gasteiger charge is -2.48. The molecule has 1 aromatic rings. The van der Waals surface area contributed by atoms with Crippen molar-refractivity contribution in [2.75, 3.05) is 44.2 Å². The fraction of sp³-hybridized carbons (Fsp3) is 0.632. The van der Waals surface area contributed by atoms with Crippen molar-refractivity contribution >= 4 is 11.6 Å². The molecule has 2 fully saturated rings. The number of likely N-dealkylation sites (tertiary alicyclic amines) is 1. The summed E-state index contributed by atoms with van der Waals surface area (Å²) in [6.07, 6.45) is 0. The molecule has 2 aliphatic heterocycles. The SMILES string of the molecule is Cc1ccc(N2CCN(C(=O)C3CN(C(C)(C)C)C3)CC2)cc1. The third-order valence-electron chi connectivity index (χ3n) is 5.17. The van der Waals surface area contributed by atoms with Crippen molar-refractivity contribution in [1.29, 1.82) is 0 Å². The second-order valence-electron chi connectivity index (χ2n) is 7.92. The Morgan fingerprint density at radius 3 is 2.09 bits per heavy atom.